The molecule has 0 radical (unpaired) electrons. The quantitative estimate of drug-likeness (QED) is 0.768. The third kappa shape index (κ3) is 4.98. The molecule has 0 amide bonds. The fourth-order valence-corrected chi connectivity index (χ4v) is 1.58. The molecule has 7 heteroatoms. The van der Waals surface area contributed by atoms with Gasteiger partial charge in [0, 0.05) is 5.57 Å². The van der Waals surface area contributed by atoms with Gasteiger partial charge in [0.1, 0.15) is 0 Å². The van der Waals surface area contributed by atoms with Crippen molar-refractivity contribution in [3.8, 4) is 0 Å². The van der Waals surface area contributed by atoms with Crippen molar-refractivity contribution in [1.82, 2.24) is 0 Å². The Morgan fingerprint density at radius 2 is 1.87 bits per heavy atom. The number of halogens is 3. The number of primary sulfonamides is 1. The van der Waals surface area contributed by atoms with E-state index in [2.05, 4.69) is 6.58 Å². The lowest BCUT2D eigenvalue weighted by atomic mass is 10.1. The molecule has 0 aromatic heterocycles. The zero-order valence-corrected chi connectivity index (χ0v) is 8.95. The molecule has 0 aliphatic rings. The van der Waals surface area contributed by atoms with E-state index in [1.54, 1.807) is 0 Å². The van der Waals surface area contributed by atoms with Crippen LogP contribution in [-0.4, -0.2) is 14.6 Å². The van der Waals surface area contributed by atoms with Crippen molar-refractivity contribution in [1.29, 1.82) is 0 Å². The highest BCUT2D eigenvalue weighted by Crippen LogP contribution is 2.28. The van der Waals surface area contributed by atoms with Crippen LogP contribution in [0, 0.1) is 0 Å². The van der Waals surface area contributed by atoms with Crippen molar-refractivity contribution in [2.24, 2.45) is 5.14 Å². The number of hydrogen-bond donors (Lipinski definition) is 1. The van der Waals surface area contributed by atoms with Crippen LogP contribution in [0.15, 0.2) is 23.1 Å². The normalized spacial score (nSPS) is 14.1. The summed E-state index contributed by atoms with van der Waals surface area (Å²) in [5.41, 5.74) is -0.967. The molecule has 0 heterocycles. The first kappa shape index (κ1) is 14.2. The summed E-state index contributed by atoms with van der Waals surface area (Å²) in [6.07, 6.45) is -4.07. The summed E-state index contributed by atoms with van der Waals surface area (Å²) in [5.74, 6) is 0. The standard InChI is InChI=1S/C8H12F3NO2S/c1-3-7(15(12,13)14)5-4-6(2)8(9,10)11/h3H,2,4-5H2,1H3,(H2,12,13,14)/b7-3+. The second kappa shape index (κ2) is 4.80. The summed E-state index contributed by atoms with van der Waals surface area (Å²) < 4.78 is 57.6. The van der Waals surface area contributed by atoms with Crippen molar-refractivity contribution in [2.75, 3.05) is 0 Å². The Balaban J connectivity index is 4.48. The predicted molar refractivity (Wildman–Crippen MR) is 51.3 cm³/mol. The maximum atomic E-state index is 12.0. The van der Waals surface area contributed by atoms with Crippen LogP contribution in [0.2, 0.25) is 0 Å². The first-order valence-corrected chi connectivity index (χ1v) is 5.56. The zero-order valence-electron chi connectivity index (χ0n) is 8.13. The van der Waals surface area contributed by atoms with Crippen LogP contribution < -0.4 is 5.14 Å². The van der Waals surface area contributed by atoms with E-state index in [9.17, 15) is 21.6 Å². The molecule has 3 nitrogen and oxygen atoms in total. The van der Waals surface area contributed by atoms with Crippen LogP contribution in [0.3, 0.4) is 0 Å². The molecule has 2 N–H and O–H groups in total. The van der Waals surface area contributed by atoms with Crippen molar-refractivity contribution in [3.05, 3.63) is 23.1 Å². The number of sulfonamides is 1. The molecule has 88 valence electrons. The summed E-state index contributed by atoms with van der Waals surface area (Å²) in [5, 5.41) is 4.78. The fraction of sp³-hybridized carbons (Fsp3) is 0.500. The van der Waals surface area contributed by atoms with Gasteiger partial charge in [-0.15, -0.1) is 0 Å². The van der Waals surface area contributed by atoms with Crippen LogP contribution >= 0.6 is 0 Å². The number of hydrogen-bond acceptors (Lipinski definition) is 2. The summed E-state index contributed by atoms with van der Waals surface area (Å²) in [6.45, 7) is 4.23. The van der Waals surface area contributed by atoms with Gasteiger partial charge in [0.15, 0.2) is 0 Å². The number of alkyl halides is 3. The molecule has 0 saturated heterocycles. The van der Waals surface area contributed by atoms with Crippen LogP contribution in [0.25, 0.3) is 0 Å². The van der Waals surface area contributed by atoms with Gasteiger partial charge in [-0.2, -0.15) is 13.2 Å². The molecule has 0 bridgehead atoms. The number of rotatable bonds is 4. The van der Waals surface area contributed by atoms with E-state index in [1.807, 2.05) is 0 Å². The molecular formula is C8H12F3NO2S. The molecule has 0 rings (SSSR count). The second-order valence-corrected chi connectivity index (χ2v) is 4.52. The summed E-state index contributed by atoms with van der Waals surface area (Å²) in [6, 6.07) is 0. The largest absolute Gasteiger partial charge is 0.412 e. The lowest BCUT2D eigenvalue weighted by molar-refractivity contribution is -0.0934. The molecule has 0 aliphatic heterocycles. The Bertz CT molecular complexity index is 368. The van der Waals surface area contributed by atoms with E-state index < -0.39 is 28.2 Å². The molecule has 0 spiro atoms. The molecule has 0 aromatic carbocycles. The first-order chi connectivity index (χ1) is 6.59. The molecular weight excluding hydrogens is 231 g/mol. The second-order valence-electron chi connectivity index (χ2n) is 2.90. The van der Waals surface area contributed by atoms with Gasteiger partial charge >= 0.3 is 6.18 Å². The maximum absolute atomic E-state index is 12.0. The highest BCUT2D eigenvalue weighted by Gasteiger charge is 2.31. The van der Waals surface area contributed by atoms with E-state index in [4.69, 9.17) is 5.14 Å². The number of allylic oxidation sites excluding steroid dienone is 3. The lowest BCUT2D eigenvalue weighted by Gasteiger charge is -2.10. The molecule has 0 fully saturated rings. The Morgan fingerprint density at radius 1 is 1.40 bits per heavy atom. The van der Waals surface area contributed by atoms with Crippen LogP contribution in [0.4, 0.5) is 13.2 Å². The molecule has 0 aliphatic carbocycles. The Kier molecular flexibility index (Phi) is 4.54. The third-order valence-electron chi connectivity index (χ3n) is 1.76. The molecule has 0 aromatic rings. The van der Waals surface area contributed by atoms with Crippen molar-refractivity contribution >= 4 is 10.0 Å². The Labute approximate surface area is 86.5 Å². The van der Waals surface area contributed by atoms with E-state index in [0.717, 1.165) is 0 Å². The van der Waals surface area contributed by atoms with E-state index >= 15 is 0 Å². The summed E-state index contributed by atoms with van der Waals surface area (Å²) in [4.78, 5) is -0.215. The van der Waals surface area contributed by atoms with Crippen molar-refractivity contribution in [2.45, 2.75) is 25.9 Å². The van der Waals surface area contributed by atoms with Crippen LogP contribution in [0.5, 0.6) is 0 Å². The fourth-order valence-electron chi connectivity index (χ4n) is 0.867. The Morgan fingerprint density at radius 3 is 2.13 bits per heavy atom. The highest BCUT2D eigenvalue weighted by molar-refractivity contribution is 7.93. The van der Waals surface area contributed by atoms with Gasteiger partial charge in [-0.25, -0.2) is 13.6 Å². The lowest BCUT2D eigenvalue weighted by Crippen LogP contribution is -2.16. The van der Waals surface area contributed by atoms with Gasteiger partial charge < -0.3 is 0 Å². The molecule has 0 saturated carbocycles. The van der Waals surface area contributed by atoms with Gasteiger partial charge in [0.2, 0.25) is 10.0 Å². The number of nitrogens with two attached hydrogens (primary N) is 1. The maximum Gasteiger partial charge on any atom is 0.412 e. The summed E-state index contributed by atoms with van der Waals surface area (Å²) in [7, 11) is -3.90. The Hall–Kier alpha value is -0.820. The average Bonchev–Trinajstić information content (AvgIpc) is 2.00. The minimum absolute atomic E-state index is 0.215. The van der Waals surface area contributed by atoms with Gasteiger partial charge in [0.25, 0.3) is 0 Å². The summed E-state index contributed by atoms with van der Waals surface area (Å²) >= 11 is 0. The SMILES string of the molecule is C=C(CC/C(=C\C)S(N)(=O)=O)C(F)(F)F. The van der Waals surface area contributed by atoms with Crippen molar-refractivity contribution < 1.29 is 21.6 Å². The van der Waals surface area contributed by atoms with Crippen LogP contribution in [-0.2, 0) is 10.0 Å². The third-order valence-corrected chi connectivity index (χ3v) is 2.93. The molecule has 0 unspecified atom stereocenters. The van der Waals surface area contributed by atoms with Gasteiger partial charge in [-0.1, -0.05) is 12.7 Å². The average molecular weight is 243 g/mol. The minimum atomic E-state index is -4.49. The van der Waals surface area contributed by atoms with E-state index in [-0.39, 0.29) is 11.3 Å². The van der Waals surface area contributed by atoms with Gasteiger partial charge in [-0.3, -0.25) is 0 Å². The monoisotopic (exact) mass is 243 g/mol. The topological polar surface area (TPSA) is 60.2 Å². The minimum Gasteiger partial charge on any atom is -0.225 e. The smallest absolute Gasteiger partial charge is 0.225 e. The molecule has 15 heavy (non-hydrogen) atoms. The van der Waals surface area contributed by atoms with Crippen LogP contribution in [0.1, 0.15) is 19.8 Å². The molecule has 0 atom stereocenters. The first-order valence-electron chi connectivity index (χ1n) is 4.02. The van der Waals surface area contributed by atoms with Gasteiger partial charge in [0.05, 0.1) is 4.91 Å². The van der Waals surface area contributed by atoms with Crippen molar-refractivity contribution in [3.63, 3.8) is 0 Å². The highest BCUT2D eigenvalue weighted by atomic mass is 32.2. The van der Waals surface area contributed by atoms with E-state index in [0.29, 0.717) is 0 Å². The predicted octanol–water partition coefficient (Wildman–Crippen LogP) is 2.08. The van der Waals surface area contributed by atoms with E-state index in [1.165, 1.54) is 13.0 Å². The zero-order chi connectivity index (χ0) is 12.3. The van der Waals surface area contributed by atoms with Gasteiger partial charge in [-0.05, 0) is 19.8 Å².